The van der Waals surface area contributed by atoms with Gasteiger partial charge in [0.2, 0.25) is 0 Å². The molecule has 0 rings (SSSR count). The fraction of sp³-hybridized carbons (Fsp3) is 0.778. The van der Waals surface area contributed by atoms with Crippen molar-refractivity contribution in [2.45, 2.75) is 19.3 Å². The van der Waals surface area contributed by atoms with Gasteiger partial charge in [-0.3, -0.25) is 0 Å². The summed E-state index contributed by atoms with van der Waals surface area (Å²) in [6, 6.07) is 0. The number of rotatable bonds is 7. The molecule has 0 spiro atoms. The third-order valence-electron chi connectivity index (χ3n) is 1.49. The molecular formula is C9H19NO. The van der Waals surface area contributed by atoms with Gasteiger partial charge in [0, 0.05) is 0 Å². The molecule has 0 aliphatic rings. The van der Waals surface area contributed by atoms with E-state index in [9.17, 15) is 0 Å². The van der Waals surface area contributed by atoms with Gasteiger partial charge in [-0.2, -0.15) is 0 Å². The minimum Gasteiger partial charge on any atom is -0.502 e. The summed E-state index contributed by atoms with van der Waals surface area (Å²) in [5.41, 5.74) is 0. The molecule has 0 fully saturated rings. The molecule has 0 atom stereocenters. The molecule has 2 nitrogen and oxygen atoms in total. The lowest BCUT2D eigenvalue weighted by atomic mass is 10.2. The van der Waals surface area contributed by atoms with E-state index in [2.05, 4.69) is 25.6 Å². The lowest BCUT2D eigenvalue weighted by molar-refractivity contribution is 0.239. The number of hydrogen-bond acceptors (Lipinski definition) is 2. The van der Waals surface area contributed by atoms with E-state index < -0.39 is 0 Å². The summed E-state index contributed by atoms with van der Waals surface area (Å²) >= 11 is 0. The number of nitrogens with zero attached hydrogens (tertiary/aromatic N) is 1. The third-order valence-corrected chi connectivity index (χ3v) is 1.49. The first kappa shape index (κ1) is 10.5. The number of hydrogen-bond donors (Lipinski definition) is 0. The molecule has 0 heterocycles. The highest BCUT2D eigenvalue weighted by atomic mass is 16.5. The Labute approximate surface area is 69.8 Å². The third kappa shape index (κ3) is 9.50. The molecule has 0 aliphatic heterocycles. The second-order valence-electron chi connectivity index (χ2n) is 2.90. The van der Waals surface area contributed by atoms with Crippen LogP contribution in [0.1, 0.15) is 19.3 Å². The fourth-order valence-corrected chi connectivity index (χ4v) is 0.874. The van der Waals surface area contributed by atoms with Gasteiger partial charge in [-0.1, -0.05) is 6.58 Å². The van der Waals surface area contributed by atoms with Gasteiger partial charge in [-0.25, -0.2) is 0 Å². The van der Waals surface area contributed by atoms with Gasteiger partial charge in [-0.15, -0.1) is 0 Å². The molecule has 0 aromatic carbocycles. The standard InChI is InChI=1S/C9H19NO/c1-4-11-9-7-5-6-8-10(2)3/h4H,1,5-9H2,2-3H3. The maximum absolute atomic E-state index is 4.99. The SMILES string of the molecule is C=COCCCCCN(C)C. The molecule has 0 saturated heterocycles. The van der Waals surface area contributed by atoms with Gasteiger partial charge in [-0.05, 0) is 39.9 Å². The molecule has 0 N–H and O–H groups in total. The van der Waals surface area contributed by atoms with Crippen molar-refractivity contribution in [1.29, 1.82) is 0 Å². The van der Waals surface area contributed by atoms with Gasteiger partial charge in [0.25, 0.3) is 0 Å². The summed E-state index contributed by atoms with van der Waals surface area (Å²) in [7, 11) is 4.19. The lowest BCUT2D eigenvalue weighted by Gasteiger charge is -2.08. The van der Waals surface area contributed by atoms with E-state index >= 15 is 0 Å². The van der Waals surface area contributed by atoms with Gasteiger partial charge < -0.3 is 9.64 Å². The van der Waals surface area contributed by atoms with Crippen LogP contribution in [0.15, 0.2) is 12.8 Å². The maximum Gasteiger partial charge on any atom is 0.0873 e. The van der Waals surface area contributed by atoms with Crippen molar-refractivity contribution in [3.8, 4) is 0 Å². The average Bonchev–Trinajstić information content (AvgIpc) is 1.96. The molecular weight excluding hydrogens is 138 g/mol. The molecule has 2 heteroatoms. The van der Waals surface area contributed by atoms with Crippen molar-refractivity contribution >= 4 is 0 Å². The van der Waals surface area contributed by atoms with Crippen molar-refractivity contribution < 1.29 is 4.74 Å². The van der Waals surface area contributed by atoms with Gasteiger partial charge in [0.15, 0.2) is 0 Å². The van der Waals surface area contributed by atoms with Crippen LogP contribution in [0.3, 0.4) is 0 Å². The van der Waals surface area contributed by atoms with E-state index in [4.69, 9.17) is 4.74 Å². The summed E-state index contributed by atoms with van der Waals surface area (Å²) in [5.74, 6) is 0. The van der Waals surface area contributed by atoms with Crippen molar-refractivity contribution in [2.24, 2.45) is 0 Å². The quantitative estimate of drug-likeness (QED) is 0.413. The minimum atomic E-state index is 0.816. The van der Waals surface area contributed by atoms with Crippen molar-refractivity contribution in [3.63, 3.8) is 0 Å². The molecule has 0 radical (unpaired) electrons. The van der Waals surface area contributed by atoms with Crippen LogP contribution >= 0.6 is 0 Å². The Morgan fingerprint density at radius 2 is 2.00 bits per heavy atom. The minimum absolute atomic E-state index is 0.816. The summed E-state index contributed by atoms with van der Waals surface area (Å²) < 4.78 is 4.99. The smallest absolute Gasteiger partial charge is 0.0873 e. The average molecular weight is 157 g/mol. The van der Waals surface area contributed by atoms with Gasteiger partial charge in [0.1, 0.15) is 0 Å². The zero-order chi connectivity index (χ0) is 8.53. The first-order valence-corrected chi connectivity index (χ1v) is 4.14. The van der Waals surface area contributed by atoms with Crippen molar-refractivity contribution in [2.75, 3.05) is 27.2 Å². The Morgan fingerprint density at radius 1 is 1.27 bits per heavy atom. The monoisotopic (exact) mass is 157 g/mol. The predicted molar refractivity (Wildman–Crippen MR) is 48.6 cm³/mol. The number of unbranched alkanes of at least 4 members (excludes halogenated alkanes) is 2. The highest BCUT2D eigenvalue weighted by Gasteiger charge is 1.90. The molecule has 0 aromatic rings. The lowest BCUT2D eigenvalue weighted by Crippen LogP contribution is -2.12. The highest BCUT2D eigenvalue weighted by molar-refractivity contribution is 4.50. The van der Waals surface area contributed by atoms with E-state index in [1.807, 2.05) is 0 Å². The van der Waals surface area contributed by atoms with Crippen LogP contribution < -0.4 is 0 Å². The second-order valence-corrected chi connectivity index (χ2v) is 2.90. The highest BCUT2D eigenvalue weighted by Crippen LogP contribution is 1.96. The van der Waals surface area contributed by atoms with Crippen LogP contribution in [-0.4, -0.2) is 32.1 Å². The van der Waals surface area contributed by atoms with Crippen LogP contribution in [-0.2, 0) is 4.74 Å². The maximum atomic E-state index is 4.99. The first-order valence-electron chi connectivity index (χ1n) is 4.14. The van der Waals surface area contributed by atoms with Crippen LogP contribution in [0.2, 0.25) is 0 Å². The summed E-state index contributed by atoms with van der Waals surface area (Å²) in [6.07, 6.45) is 5.14. The fourth-order valence-electron chi connectivity index (χ4n) is 0.874. The van der Waals surface area contributed by atoms with Crippen LogP contribution in [0.5, 0.6) is 0 Å². The number of ether oxygens (including phenoxy) is 1. The molecule has 11 heavy (non-hydrogen) atoms. The van der Waals surface area contributed by atoms with E-state index in [1.54, 1.807) is 0 Å². The molecule has 0 saturated carbocycles. The van der Waals surface area contributed by atoms with Gasteiger partial charge >= 0.3 is 0 Å². The molecule has 0 amide bonds. The normalized spacial score (nSPS) is 10.1. The molecule has 0 unspecified atom stereocenters. The Morgan fingerprint density at radius 3 is 2.55 bits per heavy atom. The van der Waals surface area contributed by atoms with E-state index in [1.165, 1.54) is 25.6 Å². The molecule has 0 aromatic heterocycles. The van der Waals surface area contributed by atoms with E-state index in [0.29, 0.717) is 0 Å². The van der Waals surface area contributed by atoms with E-state index in [0.717, 1.165) is 13.0 Å². The van der Waals surface area contributed by atoms with E-state index in [-0.39, 0.29) is 0 Å². The van der Waals surface area contributed by atoms with Crippen molar-refractivity contribution in [3.05, 3.63) is 12.8 Å². The molecule has 0 bridgehead atoms. The van der Waals surface area contributed by atoms with Crippen LogP contribution in [0, 0.1) is 0 Å². The van der Waals surface area contributed by atoms with Crippen LogP contribution in [0.4, 0.5) is 0 Å². The van der Waals surface area contributed by atoms with Gasteiger partial charge in [0.05, 0.1) is 12.9 Å². The first-order chi connectivity index (χ1) is 5.27. The second kappa shape index (κ2) is 7.61. The zero-order valence-corrected chi connectivity index (χ0v) is 7.68. The topological polar surface area (TPSA) is 12.5 Å². The predicted octanol–water partition coefficient (Wildman–Crippen LogP) is 1.88. The molecule has 66 valence electrons. The Hall–Kier alpha value is -0.500. The zero-order valence-electron chi connectivity index (χ0n) is 7.68. The Kier molecular flexibility index (Phi) is 7.26. The summed E-state index contributed by atoms with van der Waals surface area (Å²) in [4.78, 5) is 2.20. The Balaban J connectivity index is 2.85. The van der Waals surface area contributed by atoms with Crippen LogP contribution in [0.25, 0.3) is 0 Å². The largest absolute Gasteiger partial charge is 0.502 e. The Bertz CT molecular complexity index is 91.6. The van der Waals surface area contributed by atoms with Crippen molar-refractivity contribution in [1.82, 2.24) is 4.90 Å². The molecule has 0 aliphatic carbocycles. The summed E-state index contributed by atoms with van der Waals surface area (Å²) in [6.45, 7) is 5.47. The summed E-state index contributed by atoms with van der Waals surface area (Å²) in [5, 5.41) is 0.